The molecule has 1 atom stereocenters. The first-order valence-corrected chi connectivity index (χ1v) is 8.96. The number of alkyl halides is 4. The van der Waals surface area contributed by atoms with Crippen molar-refractivity contribution in [1.82, 2.24) is 10.3 Å². The number of nitrogens with one attached hydrogen (secondary N) is 2. The minimum absolute atomic E-state index is 0.293. The molecule has 0 aliphatic heterocycles. The normalized spacial score (nSPS) is 17.5. The van der Waals surface area contributed by atoms with Gasteiger partial charge in [-0.15, -0.1) is 0 Å². The molecule has 8 heteroatoms. The van der Waals surface area contributed by atoms with Gasteiger partial charge in [0, 0.05) is 23.6 Å². The summed E-state index contributed by atoms with van der Waals surface area (Å²) in [5.41, 5.74) is 2.65. The molecule has 1 unspecified atom stereocenters. The predicted molar refractivity (Wildman–Crippen MR) is 97.4 cm³/mol. The fourth-order valence-electron chi connectivity index (χ4n) is 3.05. The maximum Gasteiger partial charge on any atom is 0.330 e. The Morgan fingerprint density at radius 2 is 2.11 bits per heavy atom. The number of rotatable bonds is 9. The Morgan fingerprint density at radius 1 is 1.29 bits per heavy atom. The van der Waals surface area contributed by atoms with E-state index < -0.39 is 25.1 Å². The number of ether oxygens (including phenoxy) is 1. The summed E-state index contributed by atoms with van der Waals surface area (Å²) in [6.07, 6.45) is 3.86. The molecule has 1 aliphatic carbocycles. The van der Waals surface area contributed by atoms with Gasteiger partial charge in [-0.2, -0.15) is 8.78 Å². The third-order valence-corrected chi connectivity index (χ3v) is 4.54. The average molecular weight is 400 g/mol. The topological polar surface area (TPSA) is 37.0 Å². The Hall–Kier alpha value is -2.19. The zero-order valence-electron chi connectivity index (χ0n) is 15.0. The summed E-state index contributed by atoms with van der Waals surface area (Å²) in [6, 6.07) is 4.60. The van der Waals surface area contributed by atoms with Crippen LogP contribution in [0.5, 0.6) is 0 Å². The van der Waals surface area contributed by atoms with Crippen LogP contribution < -0.4 is 5.32 Å². The van der Waals surface area contributed by atoms with Crippen LogP contribution in [0.1, 0.15) is 12.0 Å². The molecule has 1 aromatic carbocycles. The highest BCUT2D eigenvalue weighted by Gasteiger charge is 2.41. The van der Waals surface area contributed by atoms with Gasteiger partial charge < -0.3 is 15.0 Å². The quantitative estimate of drug-likeness (QED) is 0.477. The second-order valence-electron chi connectivity index (χ2n) is 6.72. The van der Waals surface area contributed by atoms with Crippen molar-refractivity contribution in [2.24, 2.45) is 0 Å². The Kier molecular flexibility index (Phi) is 6.51. The molecule has 2 N–H and O–H groups in total. The zero-order chi connectivity index (χ0) is 20.1. The van der Waals surface area contributed by atoms with Gasteiger partial charge in [0.1, 0.15) is 12.4 Å². The molecule has 0 amide bonds. The molecule has 152 valence electrons. The van der Waals surface area contributed by atoms with Crippen LogP contribution in [0.3, 0.4) is 0 Å². The molecule has 1 heterocycles. The molecule has 28 heavy (non-hydrogen) atoms. The van der Waals surface area contributed by atoms with Crippen molar-refractivity contribution in [3.8, 4) is 0 Å². The predicted octanol–water partition coefficient (Wildman–Crippen LogP) is 4.61. The molecule has 0 bridgehead atoms. The minimum atomic E-state index is -4.14. The van der Waals surface area contributed by atoms with Crippen LogP contribution in [0.4, 0.5) is 22.0 Å². The Bertz CT molecular complexity index is 859. The van der Waals surface area contributed by atoms with E-state index in [2.05, 4.69) is 10.3 Å². The van der Waals surface area contributed by atoms with Crippen LogP contribution in [-0.4, -0.2) is 43.1 Å². The average Bonchev–Trinajstić information content (AvgIpc) is 3.06. The molecule has 0 spiro atoms. The highest BCUT2D eigenvalue weighted by molar-refractivity contribution is 5.83. The van der Waals surface area contributed by atoms with E-state index in [9.17, 15) is 22.0 Å². The Labute approximate surface area is 159 Å². The van der Waals surface area contributed by atoms with Crippen LogP contribution in [0, 0.1) is 5.82 Å². The van der Waals surface area contributed by atoms with E-state index in [0.717, 1.165) is 28.5 Å². The van der Waals surface area contributed by atoms with E-state index >= 15 is 0 Å². The summed E-state index contributed by atoms with van der Waals surface area (Å²) in [6.45, 7) is -0.148. The molecule has 3 nitrogen and oxygen atoms in total. The molecule has 3 rings (SSSR count). The number of fused-ring (bicyclic) bond motifs is 1. The SMILES string of the molecule is Fc1ccc2c(CCNCC3=CC(OCC(F)(F)C(F)F)CC=C3)c[nH]c2c1. The molecule has 2 aromatic rings. The van der Waals surface area contributed by atoms with Crippen LogP contribution in [0.2, 0.25) is 0 Å². The monoisotopic (exact) mass is 400 g/mol. The summed E-state index contributed by atoms with van der Waals surface area (Å²) in [4.78, 5) is 3.04. The first-order chi connectivity index (χ1) is 13.3. The standard InChI is InChI=1S/C20H21F5N2O/c21-15-4-5-17-14(11-27-18(17)9-15)6-7-26-10-13-2-1-3-16(8-13)28-12-20(24,25)19(22)23/h1-2,4-5,8-9,11,16,19,26-27H,3,6-7,10,12H2. The number of H-pyrrole nitrogens is 1. The van der Waals surface area contributed by atoms with Crippen LogP contribution in [0.15, 0.2) is 48.2 Å². The molecule has 0 saturated carbocycles. The lowest BCUT2D eigenvalue weighted by Crippen LogP contribution is -2.34. The van der Waals surface area contributed by atoms with Gasteiger partial charge in [-0.3, -0.25) is 0 Å². The molecule has 1 aromatic heterocycles. The van der Waals surface area contributed by atoms with Crippen LogP contribution in [0.25, 0.3) is 10.9 Å². The van der Waals surface area contributed by atoms with Crippen molar-refractivity contribution in [2.75, 3.05) is 19.7 Å². The summed E-state index contributed by atoms with van der Waals surface area (Å²) >= 11 is 0. The number of aromatic amines is 1. The van der Waals surface area contributed by atoms with Gasteiger partial charge in [0.05, 0.1) is 6.10 Å². The largest absolute Gasteiger partial charge is 0.367 e. The summed E-state index contributed by atoms with van der Waals surface area (Å²) in [7, 11) is 0. The summed E-state index contributed by atoms with van der Waals surface area (Å²) in [5, 5.41) is 4.22. The van der Waals surface area contributed by atoms with E-state index in [1.165, 1.54) is 12.1 Å². The summed E-state index contributed by atoms with van der Waals surface area (Å²) in [5.74, 6) is -4.44. The Morgan fingerprint density at radius 3 is 2.89 bits per heavy atom. The van der Waals surface area contributed by atoms with Crippen molar-refractivity contribution in [2.45, 2.75) is 31.3 Å². The second-order valence-corrected chi connectivity index (χ2v) is 6.72. The van der Waals surface area contributed by atoms with Crippen molar-refractivity contribution in [3.05, 3.63) is 59.6 Å². The lowest BCUT2D eigenvalue weighted by atomic mass is 10.0. The third-order valence-electron chi connectivity index (χ3n) is 4.54. The van der Waals surface area contributed by atoms with Gasteiger partial charge in [0.25, 0.3) is 0 Å². The van der Waals surface area contributed by atoms with Crippen LogP contribution in [-0.2, 0) is 11.2 Å². The first kappa shape index (κ1) is 20.5. The van der Waals surface area contributed by atoms with Crippen molar-refractivity contribution >= 4 is 10.9 Å². The van der Waals surface area contributed by atoms with Gasteiger partial charge in [0.2, 0.25) is 0 Å². The summed E-state index contributed by atoms with van der Waals surface area (Å²) < 4.78 is 68.5. The fourth-order valence-corrected chi connectivity index (χ4v) is 3.05. The van der Waals surface area contributed by atoms with Gasteiger partial charge >= 0.3 is 12.3 Å². The van der Waals surface area contributed by atoms with E-state index in [-0.39, 0.29) is 5.82 Å². The molecular weight excluding hydrogens is 379 g/mol. The number of hydrogen-bond acceptors (Lipinski definition) is 2. The van der Waals surface area contributed by atoms with Crippen molar-refractivity contribution < 1.29 is 26.7 Å². The van der Waals surface area contributed by atoms with Gasteiger partial charge in [-0.25, -0.2) is 13.2 Å². The van der Waals surface area contributed by atoms with E-state index in [4.69, 9.17) is 4.74 Å². The third kappa shape index (κ3) is 5.20. The molecule has 1 aliphatic rings. The lowest BCUT2D eigenvalue weighted by molar-refractivity contribution is -0.171. The van der Waals surface area contributed by atoms with Crippen molar-refractivity contribution in [1.29, 1.82) is 0 Å². The van der Waals surface area contributed by atoms with Gasteiger partial charge in [0.15, 0.2) is 0 Å². The Balaban J connectivity index is 1.46. The molecule has 0 fully saturated rings. The maximum absolute atomic E-state index is 13.2. The zero-order valence-corrected chi connectivity index (χ0v) is 15.0. The van der Waals surface area contributed by atoms with Crippen molar-refractivity contribution in [3.63, 3.8) is 0 Å². The number of benzene rings is 1. The second kappa shape index (κ2) is 8.87. The smallest absolute Gasteiger partial charge is 0.330 e. The maximum atomic E-state index is 13.2. The molecule has 0 saturated heterocycles. The highest BCUT2D eigenvalue weighted by Crippen LogP contribution is 2.25. The number of aromatic nitrogens is 1. The fraction of sp³-hybridized carbons (Fsp3) is 0.400. The van der Waals surface area contributed by atoms with E-state index in [1.807, 2.05) is 12.3 Å². The molecule has 0 radical (unpaired) electrons. The number of halogens is 5. The lowest BCUT2D eigenvalue weighted by Gasteiger charge is -2.21. The van der Waals surface area contributed by atoms with E-state index in [0.29, 0.717) is 19.5 Å². The number of hydrogen-bond donors (Lipinski definition) is 2. The van der Waals surface area contributed by atoms with Gasteiger partial charge in [-0.1, -0.05) is 18.2 Å². The van der Waals surface area contributed by atoms with Crippen LogP contribution >= 0.6 is 0 Å². The highest BCUT2D eigenvalue weighted by atomic mass is 19.3. The molecular formula is C20H21F5N2O. The first-order valence-electron chi connectivity index (χ1n) is 8.96. The van der Waals surface area contributed by atoms with Gasteiger partial charge in [-0.05, 0) is 48.7 Å². The minimum Gasteiger partial charge on any atom is -0.367 e. The van der Waals surface area contributed by atoms with E-state index in [1.54, 1.807) is 18.2 Å².